The third kappa shape index (κ3) is 4.52. The first-order valence-corrected chi connectivity index (χ1v) is 7.40. The van der Waals surface area contributed by atoms with E-state index in [4.69, 9.17) is 11.6 Å². The molecule has 114 valence electrons. The molecular weight excluding hydrogens is 292 g/mol. The average Bonchev–Trinajstić information content (AvgIpc) is 2.47. The molecule has 2 rings (SSSR count). The molecule has 1 fully saturated rings. The van der Waals surface area contributed by atoms with Gasteiger partial charge in [-0.3, -0.25) is 19.8 Å². The van der Waals surface area contributed by atoms with Crippen molar-refractivity contribution in [1.82, 2.24) is 10.2 Å². The van der Waals surface area contributed by atoms with Crippen LogP contribution in [0.2, 0.25) is 5.02 Å². The Balaban J connectivity index is 1.87. The minimum Gasteiger partial charge on any atom is -0.396 e. The predicted molar refractivity (Wildman–Crippen MR) is 80.2 cm³/mol. The van der Waals surface area contributed by atoms with Crippen LogP contribution in [0.5, 0.6) is 0 Å². The Morgan fingerprint density at radius 3 is 2.86 bits per heavy atom. The van der Waals surface area contributed by atoms with Gasteiger partial charge in [0.2, 0.25) is 5.91 Å². The fourth-order valence-corrected chi connectivity index (χ4v) is 2.75. The van der Waals surface area contributed by atoms with Gasteiger partial charge in [-0.1, -0.05) is 23.7 Å². The minimum absolute atomic E-state index is 0.136. The summed E-state index contributed by atoms with van der Waals surface area (Å²) in [5.41, 5.74) is 0.291. The zero-order chi connectivity index (χ0) is 15.2. The highest BCUT2D eigenvalue weighted by atomic mass is 35.5. The van der Waals surface area contributed by atoms with Crippen LogP contribution in [0, 0.1) is 5.92 Å². The summed E-state index contributed by atoms with van der Waals surface area (Å²) in [6, 6.07) is 6.61. The predicted octanol–water partition coefficient (Wildman–Crippen LogP) is 1.30. The molecule has 1 heterocycles. The van der Waals surface area contributed by atoms with Crippen molar-refractivity contribution in [3.63, 3.8) is 0 Å². The maximum absolute atomic E-state index is 12.0. The largest absolute Gasteiger partial charge is 0.396 e. The van der Waals surface area contributed by atoms with E-state index in [0.29, 0.717) is 17.1 Å². The number of halogens is 1. The molecule has 1 aromatic rings. The summed E-state index contributed by atoms with van der Waals surface area (Å²) in [5, 5.41) is 11.8. The third-order valence-corrected chi connectivity index (χ3v) is 3.93. The Bertz CT molecular complexity index is 521. The number of piperidine rings is 1. The number of hydrogen-bond acceptors (Lipinski definition) is 4. The Morgan fingerprint density at radius 1 is 1.38 bits per heavy atom. The van der Waals surface area contributed by atoms with Crippen molar-refractivity contribution in [3.8, 4) is 0 Å². The standard InChI is InChI=1S/C15H19ClN2O3/c16-13-6-2-1-5-12(13)15(21)17-14(20)9-18-7-3-4-11(8-18)10-19/h1-2,5-6,11,19H,3-4,7-10H2,(H,17,20,21). The molecule has 1 saturated heterocycles. The van der Waals surface area contributed by atoms with E-state index in [2.05, 4.69) is 5.32 Å². The average molecular weight is 311 g/mol. The Morgan fingerprint density at radius 2 is 2.14 bits per heavy atom. The van der Waals surface area contributed by atoms with Crippen LogP contribution < -0.4 is 5.32 Å². The number of carbonyl (C=O) groups excluding carboxylic acids is 2. The lowest BCUT2D eigenvalue weighted by atomic mass is 9.99. The van der Waals surface area contributed by atoms with Crippen molar-refractivity contribution in [2.75, 3.05) is 26.2 Å². The molecule has 5 nitrogen and oxygen atoms in total. The van der Waals surface area contributed by atoms with E-state index in [0.717, 1.165) is 19.4 Å². The summed E-state index contributed by atoms with van der Waals surface area (Å²) in [6.07, 6.45) is 1.93. The van der Waals surface area contributed by atoms with Crippen LogP contribution in [-0.4, -0.2) is 48.1 Å². The number of benzene rings is 1. The molecule has 0 radical (unpaired) electrons. The monoisotopic (exact) mass is 310 g/mol. The van der Waals surface area contributed by atoms with Crippen LogP contribution in [-0.2, 0) is 4.79 Å². The molecular formula is C15H19ClN2O3. The van der Waals surface area contributed by atoms with Gasteiger partial charge >= 0.3 is 0 Å². The summed E-state index contributed by atoms with van der Waals surface area (Å²) >= 11 is 5.92. The normalized spacial score (nSPS) is 19.2. The van der Waals surface area contributed by atoms with Gasteiger partial charge in [0.1, 0.15) is 0 Å². The van der Waals surface area contributed by atoms with E-state index in [-0.39, 0.29) is 25.0 Å². The first-order valence-electron chi connectivity index (χ1n) is 7.02. The van der Waals surface area contributed by atoms with Crippen LogP contribution in [0.1, 0.15) is 23.2 Å². The van der Waals surface area contributed by atoms with Crippen LogP contribution in [0.25, 0.3) is 0 Å². The highest BCUT2D eigenvalue weighted by molar-refractivity contribution is 6.34. The maximum atomic E-state index is 12.0. The number of aliphatic hydroxyl groups is 1. The minimum atomic E-state index is -0.485. The second-order valence-electron chi connectivity index (χ2n) is 5.28. The van der Waals surface area contributed by atoms with Gasteiger partial charge in [-0.15, -0.1) is 0 Å². The van der Waals surface area contributed by atoms with E-state index >= 15 is 0 Å². The molecule has 0 saturated carbocycles. The summed E-state index contributed by atoms with van der Waals surface area (Å²) in [6.45, 7) is 1.79. The molecule has 2 N–H and O–H groups in total. The number of likely N-dealkylation sites (tertiary alicyclic amines) is 1. The van der Waals surface area contributed by atoms with Crippen molar-refractivity contribution in [2.45, 2.75) is 12.8 Å². The first-order chi connectivity index (χ1) is 10.1. The van der Waals surface area contributed by atoms with Gasteiger partial charge in [-0.25, -0.2) is 0 Å². The smallest absolute Gasteiger partial charge is 0.259 e. The lowest BCUT2D eigenvalue weighted by molar-refractivity contribution is -0.121. The Kier molecular flexibility index (Phi) is 5.73. The van der Waals surface area contributed by atoms with Crippen molar-refractivity contribution in [2.24, 2.45) is 5.92 Å². The summed E-state index contributed by atoms with van der Waals surface area (Å²) in [4.78, 5) is 25.8. The third-order valence-electron chi connectivity index (χ3n) is 3.60. The van der Waals surface area contributed by atoms with Gasteiger partial charge in [0, 0.05) is 13.2 Å². The number of aliphatic hydroxyl groups excluding tert-OH is 1. The van der Waals surface area contributed by atoms with E-state index in [1.165, 1.54) is 0 Å². The Hall–Kier alpha value is -1.43. The van der Waals surface area contributed by atoms with Gasteiger partial charge in [0.25, 0.3) is 5.91 Å². The Labute approximate surface area is 128 Å². The molecule has 1 unspecified atom stereocenters. The first kappa shape index (κ1) is 15.9. The molecule has 0 aromatic heterocycles. The van der Waals surface area contributed by atoms with Gasteiger partial charge in [0.05, 0.1) is 17.1 Å². The maximum Gasteiger partial charge on any atom is 0.259 e. The molecule has 2 amide bonds. The topological polar surface area (TPSA) is 69.6 Å². The lowest BCUT2D eigenvalue weighted by Crippen LogP contribution is -2.44. The molecule has 1 aliphatic heterocycles. The quantitative estimate of drug-likeness (QED) is 0.879. The molecule has 1 aliphatic rings. The lowest BCUT2D eigenvalue weighted by Gasteiger charge is -2.31. The summed E-state index contributed by atoms with van der Waals surface area (Å²) < 4.78 is 0. The summed E-state index contributed by atoms with van der Waals surface area (Å²) in [5.74, 6) is -0.620. The van der Waals surface area contributed by atoms with Crippen molar-refractivity contribution in [1.29, 1.82) is 0 Å². The number of amides is 2. The summed E-state index contributed by atoms with van der Waals surface area (Å²) in [7, 11) is 0. The van der Waals surface area contributed by atoms with Crippen LogP contribution in [0.4, 0.5) is 0 Å². The van der Waals surface area contributed by atoms with E-state index in [1.807, 2.05) is 4.90 Å². The molecule has 0 aliphatic carbocycles. The SMILES string of the molecule is O=C(CN1CCCC(CO)C1)NC(=O)c1ccccc1Cl. The van der Waals surface area contributed by atoms with E-state index in [9.17, 15) is 14.7 Å². The van der Waals surface area contributed by atoms with Crippen molar-refractivity contribution in [3.05, 3.63) is 34.9 Å². The second-order valence-corrected chi connectivity index (χ2v) is 5.69. The molecule has 0 spiro atoms. The van der Waals surface area contributed by atoms with Gasteiger partial charge < -0.3 is 5.11 Å². The second kappa shape index (κ2) is 7.54. The highest BCUT2D eigenvalue weighted by Crippen LogP contribution is 2.16. The van der Waals surface area contributed by atoms with Gasteiger partial charge in [-0.2, -0.15) is 0 Å². The number of nitrogens with one attached hydrogen (secondary N) is 1. The molecule has 21 heavy (non-hydrogen) atoms. The number of rotatable bonds is 4. The fraction of sp³-hybridized carbons (Fsp3) is 0.467. The molecule has 0 bridgehead atoms. The number of nitrogens with zero attached hydrogens (tertiary/aromatic N) is 1. The van der Waals surface area contributed by atoms with Crippen LogP contribution in [0.3, 0.4) is 0 Å². The van der Waals surface area contributed by atoms with E-state index in [1.54, 1.807) is 24.3 Å². The molecule has 1 aromatic carbocycles. The fourth-order valence-electron chi connectivity index (χ4n) is 2.53. The number of hydrogen-bond donors (Lipinski definition) is 2. The van der Waals surface area contributed by atoms with Crippen LogP contribution >= 0.6 is 11.6 Å². The number of carbonyl (C=O) groups is 2. The zero-order valence-electron chi connectivity index (χ0n) is 11.7. The van der Waals surface area contributed by atoms with Gasteiger partial charge in [-0.05, 0) is 37.4 Å². The molecule has 1 atom stereocenters. The van der Waals surface area contributed by atoms with Gasteiger partial charge in [0.15, 0.2) is 0 Å². The van der Waals surface area contributed by atoms with Crippen molar-refractivity contribution < 1.29 is 14.7 Å². The van der Waals surface area contributed by atoms with Crippen molar-refractivity contribution >= 4 is 23.4 Å². The van der Waals surface area contributed by atoms with Crippen LogP contribution in [0.15, 0.2) is 24.3 Å². The molecule has 6 heteroatoms. The highest BCUT2D eigenvalue weighted by Gasteiger charge is 2.22. The zero-order valence-corrected chi connectivity index (χ0v) is 12.5. The number of imide groups is 1. The van der Waals surface area contributed by atoms with E-state index < -0.39 is 5.91 Å².